The molecule has 1 amide bonds. The molecule has 0 spiro atoms. The third kappa shape index (κ3) is 11.2. The molecule has 7 heteroatoms. The van der Waals surface area contributed by atoms with Crippen LogP contribution >= 0.6 is 11.3 Å². The number of hydrogen-bond acceptors (Lipinski definition) is 6. The fourth-order valence-corrected chi connectivity index (χ4v) is 7.83. The second-order valence-electron chi connectivity index (χ2n) is 12.9. The third-order valence-electron chi connectivity index (χ3n) is 9.24. The van der Waals surface area contributed by atoms with Crippen molar-refractivity contribution in [3.05, 3.63) is 40.9 Å². The van der Waals surface area contributed by atoms with Crippen LogP contribution in [0.4, 0.5) is 0 Å². The van der Waals surface area contributed by atoms with Crippen LogP contribution in [0.2, 0.25) is 0 Å². The number of allylic oxidation sites excluding steroid dienone is 1. The number of hydrogen-bond donors (Lipinski definition) is 1. The zero-order chi connectivity index (χ0) is 30.4. The molecule has 0 radical (unpaired) electrons. The van der Waals surface area contributed by atoms with Crippen LogP contribution in [-0.4, -0.2) is 53.0 Å². The number of ketones is 2. The quantitative estimate of drug-likeness (QED) is 0.187. The molecular weight excluding hydrogens is 554 g/mol. The molecule has 236 valence electrons. The summed E-state index contributed by atoms with van der Waals surface area (Å²) in [6.45, 7) is 7.22. The van der Waals surface area contributed by atoms with Crippen molar-refractivity contribution in [1.29, 1.82) is 0 Å². The van der Waals surface area contributed by atoms with Crippen molar-refractivity contribution in [2.45, 2.75) is 123 Å². The molecule has 1 saturated carbocycles. The van der Waals surface area contributed by atoms with Crippen LogP contribution in [0, 0.1) is 11.8 Å². The number of aryl methyl sites for hydroxylation is 1. The van der Waals surface area contributed by atoms with E-state index in [9.17, 15) is 14.4 Å². The van der Waals surface area contributed by atoms with Crippen molar-refractivity contribution in [2.75, 3.05) is 19.6 Å². The summed E-state index contributed by atoms with van der Waals surface area (Å²) in [6, 6.07) is 6.30. The van der Waals surface area contributed by atoms with Crippen molar-refractivity contribution in [1.82, 2.24) is 15.2 Å². The van der Waals surface area contributed by atoms with E-state index in [1.54, 1.807) is 17.4 Å². The number of rotatable bonds is 17. The minimum absolute atomic E-state index is 0.0544. The van der Waals surface area contributed by atoms with Crippen LogP contribution < -0.4 is 5.32 Å². The Labute approximate surface area is 263 Å². The van der Waals surface area contributed by atoms with Crippen molar-refractivity contribution in [3.8, 4) is 0 Å². The summed E-state index contributed by atoms with van der Waals surface area (Å²) in [5, 5.41) is 4.26. The molecule has 1 aliphatic carbocycles. The van der Waals surface area contributed by atoms with E-state index < -0.39 is 5.92 Å². The number of likely N-dealkylation sites (tertiary alicyclic amines) is 1. The number of nitrogens with one attached hydrogen (secondary N) is 1. The molecule has 0 bridgehead atoms. The van der Waals surface area contributed by atoms with Gasteiger partial charge in [-0.25, -0.2) is 4.98 Å². The Kier molecular flexibility index (Phi) is 13.9. The predicted molar refractivity (Wildman–Crippen MR) is 178 cm³/mol. The number of nitrogens with zero attached hydrogens (tertiary/aromatic N) is 2. The fraction of sp³-hybridized carbons (Fsp3) is 0.667. The lowest BCUT2D eigenvalue weighted by Gasteiger charge is -2.28. The Bertz CT molecular complexity index is 1210. The average Bonchev–Trinajstić information content (AvgIpc) is 3.42. The van der Waals surface area contributed by atoms with E-state index in [0.29, 0.717) is 31.6 Å². The Balaban J connectivity index is 1.41. The molecule has 2 fully saturated rings. The van der Waals surface area contributed by atoms with E-state index in [-0.39, 0.29) is 29.9 Å². The first kappa shape index (κ1) is 33.5. The highest BCUT2D eigenvalue weighted by molar-refractivity contribution is 7.18. The van der Waals surface area contributed by atoms with E-state index in [1.807, 2.05) is 13.0 Å². The number of fused-ring (bicyclic) bond motifs is 1. The van der Waals surface area contributed by atoms with E-state index in [2.05, 4.69) is 35.3 Å². The van der Waals surface area contributed by atoms with Gasteiger partial charge in [-0.15, -0.1) is 11.3 Å². The van der Waals surface area contributed by atoms with Crippen LogP contribution in [0.15, 0.2) is 30.4 Å². The van der Waals surface area contributed by atoms with Gasteiger partial charge in [-0.1, -0.05) is 64.5 Å². The molecule has 2 aliphatic rings. The monoisotopic (exact) mass is 607 g/mol. The Morgan fingerprint density at radius 2 is 1.81 bits per heavy atom. The zero-order valence-electron chi connectivity index (χ0n) is 26.6. The van der Waals surface area contributed by atoms with Crippen LogP contribution in [0.3, 0.4) is 0 Å². The highest BCUT2D eigenvalue weighted by atomic mass is 32.1. The van der Waals surface area contributed by atoms with Gasteiger partial charge in [0.1, 0.15) is 5.78 Å². The third-order valence-corrected chi connectivity index (χ3v) is 10.3. The first-order valence-electron chi connectivity index (χ1n) is 17.1. The number of aromatic nitrogens is 1. The van der Waals surface area contributed by atoms with Gasteiger partial charge in [0.05, 0.1) is 21.1 Å². The SMILES string of the molecule is CCCC(=O)C[C@@H](Cc1nc2ccc(CC)cc2s1)C(=O)N[C@H](CCC(=O)/C=C/CN1CCCCC1)CC1CCCCC1. The van der Waals surface area contributed by atoms with Crippen molar-refractivity contribution < 1.29 is 14.4 Å². The summed E-state index contributed by atoms with van der Waals surface area (Å²) < 4.78 is 1.13. The summed E-state index contributed by atoms with van der Waals surface area (Å²) in [5.41, 5.74) is 2.23. The van der Waals surface area contributed by atoms with Gasteiger partial charge in [0.15, 0.2) is 5.78 Å². The average molecular weight is 608 g/mol. The second kappa shape index (κ2) is 17.8. The molecule has 1 aromatic carbocycles. The number of piperidine rings is 1. The maximum absolute atomic E-state index is 13.9. The highest BCUT2D eigenvalue weighted by Gasteiger charge is 2.27. The van der Waals surface area contributed by atoms with Gasteiger partial charge in [-0.05, 0) is 81.3 Å². The van der Waals surface area contributed by atoms with E-state index in [4.69, 9.17) is 4.98 Å². The topological polar surface area (TPSA) is 79.4 Å². The molecule has 1 saturated heterocycles. The molecule has 2 aromatic rings. The summed E-state index contributed by atoms with van der Waals surface area (Å²) in [6.07, 6.45) is 18.7. The molecule has 2 atom stereocenters. The van der Waals surface area contributed by atoms with Crippen LogP contribution in [-0.2, 0) is 27.2 Å². The fourth-order valence-electron chi connectivity index (χ4n) is 6.72. The molecule has 1 aromatic heterocycles. The van der Waals surface area contributed by atoms with Crippen molar-refractivity contribution >= 4 is 39.0 Å². The lowest BCUT2D eigenvalue weighted by atomic mass is 9.83. The largest absolute Gasteiger partial charge is 0.353 e. The normalized spacial score (nSPS) is 18.2. The Hall–Kier alpha value is -2.38. The number of amides is 1. The van der Waals surface area contributed by atoms with E-state index in [0.717, 1.165) is 54.1 Å². The standard InChI is InChI=1S/C36H53N3O3S/c1-3-12-32(41)25-29(26-35-38-33-19-16-27(4-2)24-34(33)43-35)36(42)37-30(23-28-13-7-5-8-14-28)17-18-31(40)15-11-22-39-20-9-6-10-21-39/h11,15-16,19,24,28-30H,3-10,12-14,17-18,20-23,25-26H2,1-2H3,(H,37,42)/b15-11+/t29-,30+/m0/s1. The molecular formula is C36H53N3O3S. The molecule has 43 heavy (non-hydrogen) atoms. The number of Topliss-reactive ketones (excluding diaryl/α,β-unsaturated/α-hetero) is 1. The van der Waals surface area contributed by atoms with Crippen molar-refractivity contribution in [3.63, 3.8) is 0 Å². The van der Waals surface area contributed by atoms with Gasteiger partial charge in [-0.2, -0.15) is 0 Å². The molecule has 2 heterocycles. The molecule has 4 rings (SSSR count). The zero-order valence-corrected chi connectivity index (χ0v) is 27.4. The predicted octanol–water partition coefficient (Wildman–Crippen LogP) is 7.62. The van der Waals surface area contributed by atoms with Gasteiger partial charge in [0, 0.05) is 38.3 Å². The van der Waals surface area contributed by atoms with Gasteiger partial charge < -0.3 is 5.32 Å². The van der Waals surface area contributed by atoms with Crippen LogP contribution in [0.1, 0.15) is 114 Å². The Morgan fingerprint density at radius 3 is 2.56 bits per heavy atom. The highest BCUT2D eigenvalue weighted by Crippen LogP contribution is 2.30. The van der Waals surface area contributed by atoms with E-state index in [1.165, 1.54) is 56.9 Å². The Morgan fingerprint density at radius 1 is 1.05 bits per heavy atom. The summed E-state index contributed by atoms with van der Waals surface area (Å²) in [7, 11) is 0. The first-order chi connectivity index (χ1) is 20.9. The number of carbonyl (C=O) groups is 3. The number of carbonyl (C=O) groups excluding carboxylic acids is 3. The maximum Gasteiger partial charge on any atom is 0.224 e. The van der Waals surface area contributed by atoms with Gasteiger partial charge in [-0.3, -0.25) is 19.3 Å². The van der Waals surface area contributed by atoms with Crippen molar-refractivity contribution in [2.24, 2.45) is 11.8 Å². The first-order valence-corrected chi connectivity index (χ1v) is 17.9. The smallest absolute Gasteiger partial charge is 0.224 e. The minimum Gasteiger partial charge on any atom is -0.353 e. The lowest BCUT2D eigenvalue weighted by Crippen LogP contribution is -2.41. The van der Waals surface area contributed by atoms with E-state index >= 15 is 0 Å². The van der Waals surface area contributed by atoms with Crippen LogP contribution in [0.5, 0.6) is 0 Å². The maximum atomic E-state index is 13.9. The second-order valence-corrected chi connectivity index (χ2v) is 14.0. The summed E-state index contributed by atoms with van der Waals surface area (Å²) in [5.74, 6) is 0.345. The molecule has 6 nitrogen and oxygen atoms in total. The lowest BCUT2D eigenvalue weighted by molar-refractivity contribution is -0.130. The van der Waals surface area contributed by atoms with Gasteiger partial charge in [0.25, 0.3) is 0 Å². The van der Waals surface area contributed by atoms with Gasteiger partial charge >= 0.3 is 0 Å². The molecule has 1 N–H and O–H groups in total. The van der Waals surface area contributed by atoms with Crippen LogP contribution in [0.25, 0.3) is 10.2 Å². The number of thiazole rings is 1. The summed E-state index contributed by atoms with van der Waals surface area (Å²) in [4.78, 5) is 46.7. The molecule has 0 unspecified atom stereocenters. The summed E-state index contributed by atoms with van der Waals surface area (Å²) >= 11 is 1.63. The molecule has 1 aliphatic heterocycles. The minimum atomic E-state index is -0.445. The number of benzene rings is 1. The van der Waals surface area contributed by atoms with Gasteiger partial charge in [0.2, 0.25) is 5.91 Å².